The van der Waals surface area contributed by atoms with Crippen molar-refractivity contribution in [2.24, 2.45) is 0 Å². The van der Waals surface area contributed by atoms with Gasteiger partial charge in [-0.2, -0.15) is 0 Å². The fourth-order valence-corrected chi connectivity index (χ4v) is 0.0962. The second-order valence-corrected chi connectivity index (χ2v) is 2.18. The molecule has 0 aromatic rings. The number of aliphatic hydroxyl groups is 2. The van der Waals surface area contributed by atoms with Crippen LogP contribution in [0.2, 0.25) is 0 Å². The van der Waals surface area contributed by atoms with Crippen LogP contribution in [0.25, 0.3) is 0 Å². The maximum Gasteiger partial charge on any atom is 0.0781 e. The molecule has 2 unspecified atom stereocenters. The normalized spacial score (nSPS) is 26.0. The number of hydrogen-bond donors (Lipinski definition) is 2. The fraction of sp³-hybridized carbons (Fsp3) is 1.00. The zero-order valence-electron chi connectivity index (χ0n) is 5.87. The van der Waals surface area contributed by atoms with Crippen LogP contribution in [0.5, 0.6) is 0 Å². The summed E-state index contributed by atoms with van der Waals surface area (Å²) < 4.78 is 4.71. The SMILES string of the molecule is CC(O)CO.CC1CO1. The van der Waals surface area contributed by atoms with Gasteiger partial charge in [0.1, 0.15) is 0 Å². The highest BCUT2D eigenvalue weighted by molar-refractivity contribution is 4.58. The van der Waals surface area contributed by atoms with Gasteiger partial charge in [-0.15, -0.1) is 0 Å². The molecule has 1 heterocycles. The van der Waals surface area contributed by atoms with Crippen LogP contribution >= 0.6 is 0 Å². The lowest BCUT2D eigenvalue weighted by Crippen LogP contribution is -2.03. The number of ether oxygens (including phenoxy) is 1. The molecule has 3 heteroatoms. The predicted octanol–water partition coefficient (Wildman–Crippen LogP) is -0.235. The summed E-state index contributed by atoms with van der Waals surface area (Å²) >= 11 is 0. The molecule has 0 saturated carbocycles. The molecule has 1 saturated heterocycles. The van der Waals surface area contributed by atoms with E-state index in [0.717, 1.165) is 6.61 Å². The number of hydrogen-bond acceptors (Lipinski definition) is 3. The smallest absolute Gasteiger partial charge is 0.0781 e. The summed E-state index contributed by atoms with van der Waals surface area (Å²) in [7, 11) is 0. The van der Waals surface area contributed by atoms with E-state index in [1.165, 1.54) is 6.92 Å². The van der Waals surface area contributed by atoms with E-state index in [-0.39, 0.29) is 6.61 Å². The Hall–Kier alpha value is -0.120. The molecule has 56 valence electrons. The molecule has 1 aliphatic heterocycles. The second kappa shape index (κ2) is 4.73. The van der Waals surface area contributed by atoms with Crippen LogP contribution in [-0.2, 0) is 4.74 Å². The minimum atomic E-state index is -0.560. The lowest BCUT2D eigenvalue weighted by molar-refractivity contribution is 0.110. The maximum atomic E-state index is 8.11. The van der Waals surface area contributed by atoms with Crippen molar-refractivity contribution in [2.75, 3.05) is 13.2 Å². The molecular formula is C6H14O3. The molecule has 1 aliphatic rings. The van der Waals surface area contributed by atoms with Crippen LogP contribution in [0, 0.1) is 0 Å². The largest absolute Gasteiger partial charge is 0.394 e. The van der Waals surface area contributed by atoms with Gasteiger partial charge in [-0.3, -0.25) is 0 Å². The highest BCUT2D eigenvalue weighted by Crippen LogP contribution is 2.04. The lowest BCUT2D eigenvalue weighted by atomic mass is 10.5. The summed E-state index contributed by atoms with van der Waals surface area (Å²) in [5.74, 6) is 0. The van der Waals surface area contributed by atoms with Crippen LogP contribution in [0.1, 0.15) is 13.8 Å². The average Bonchev–Trinajstić information content (AvgIpc) is 2.53. The molecule has 0 spiro atoms. The zero-order chi connectivity index (χ0) is 7.28. The minimum absolute atomic E-state index is 0.139. The van der Waals surface area contributed by atoms with Gasteiger partial charge in [-0.1, -0.05) is 0 Å². The molecular weight excluding hydrogens is 120 g/mol. The summed E-state index contributed by atoms with van der Waals surface area (Å²) in [6.07, 6.45) is 0.0231. The van der Waals surface area contributed by atoms with Crippen molar-refractivity contribution in [2.45, 2.75) is 26.1 Å². The monoisotopic (exact) mass is 134 g/mol. The van der Waals surface area contributed by atoms with Gasteiger partial charge in [-0.25, -0.2) is 0 Å². The van der Waals surface area contributed by atoms with Gasteiger partial charge in [0.15, 0.2) is 0 Å². The van der Waals surface area contributed by atoms with Gasteiger partial charge in [0.2, 0.25) is 0 Å². The van der Waals surface area contributed by atoms with Crippen LogP contribution in [0.3, 0.4) is 0 Å². The molecule has 0 aromatic carbocycles. The standard InChI is InChI=1S/C3H8O2.C3H6O/c1-3(5)2-4;1-3-2-4-3/h3-5H,2H2,1H3;3H,2H2,1H3. The molecule has 2 N–H and O–H groups in total. The van der Waals surface area contributed by atoms with Crippen molar-refractivity contribution < 1.29 is 14.9 Å². The first-order chi connectivity index (χ1) is 4.16. The second-order valence-electron chi connectivity index (χ2n) is 2.18. The molecule has 1 rings (SSSR count). The minimum Gasteiger partial charge on any atom is -0.394 e. The van der Waals surface area contributed by atoms with Crippen LogP contribution in [0.15, 0.2) is 0 Å². The third-order valence-corrected chi connectivity index (χ3v) is 0.764. The predicted molar refractivity (Wildman–Crippen MR) is 34.2 cm³/mol. The summed E-state index contributed by atoms with van der Waals surface area (Å²) in [6.45, 7) is 4.43. The highest BCUT2D eigenvalue weighted by Gasteiger charge is 2.13. The Morgan fingerprint density at radius 1 is 1.78 bits per heavy atom. The van der Waals surface area contributed by atoms with Gasteiger partial charge >= 0.3 is 0 Å². The van der Waals surface area contributed by atoms with Gasteiger partial charge in [-0.05, 0) is 13.8 Å². The Kier molecular flexibility index (Phi) is 4.67. The van der Waals surface area contributed by atoms with Crippen molar-refractivity contribution in [3.8, 4) is 0 Å². The van der Waals surface area contributed by atoms with Crippen molar-refractivity contribution in [3.05, 3.63) is 0 Å². The first kappa shape index (κ1) is 8.88. The quantitative estimate of drug-likeness (QED) is 0.487. The van der Waals surface area contributed by atoms with Crippen molar-refractivity contribution >= 4 is 0 Å². The molecule has 0 radical (unpaired) electrons. The number of aliphatic hydroxyl groups excluding tert-OH is 2. The maximum absolute atomic E-state index is 8.11. The Morgan fingerprint density at radius 3 is 2.00 bits per heavy atom. The molecule has 0 amide bonds. The van der Waals surface area contributed by atoms with E-state index in [1.807, 2.05) is 0 Å². The van der Waals surface area contributed by atoms with Gasteiger partial charge < -0.3 is 14.9 Å². The van der Waals surface area contributed by atoms with E-state index in [4.69, 9.17) is 14.9 Å². The molecule has 9 heavy (non-hydrogen) atoms. The van der Waals surface area contributed by atoms with E-state index in [1.54, 1.807) is 0 Å². The first-order valence-electron chi connectivity index (χ1n) is 3.07. The van der Waals surface area contributed by atoms with E-state index in [2.05, 4.69) is 6.92 Å². The van der Waals surface area contributed by atoms with Gasteiger partial charge in [0.05, 0.1) is 25.4 Å². The van der Waals surface area contributed by atoms with E-state index in [9.17, 15) is 0 Å². The van der Waals surface area contributed by atoms with Crippen molar-refractivity contribution in [1.29, 1.82) is 0 Å². The molecule has 1 fully saturated rings. The third-order valence-electron chi connectivity index (χ3n) is 0.764. The Labute approximate surface area is 55.3 Å². The van der Waals surface area contributed by atoms with Crippen molar-refractivity contribution in [3.63, 3.8) is 0 Å². The molecule has 0 bridgehead atoms. The summed E-state index contributed by atoms with van der Waals surface area (Å²) in [5.41, 5.74) is 0. The first-order valence-corrected chi connectivity index (χ1v) is 3.07. The summed E-state index contributed by atoms with van der Waals surface area (Å²) in [4.78, 5) is 0. The number of rotatable bonds is 1. The zero-order valence-corrected chi connectivity index (χ0v) is 5.87. The molecule has 0 aromatic heterocycles. The molecule has 2 atom stereocenters. The summed E-state index contributed by atoms with van der Waals surface area (Å²) in [5, 5.41) is 16.0. The van der Waals surface area contributed by atoms with E-state index < -0.39 is 6.10 Å². The molecule has 3 nitrogen and oxygen atoms in total. The van der Waals surface area contributed by atoms with Crippen LogP contribution < -0.4 is 0 Å². The Morgan fingerprint density at radius 2 is 2.00 bits per heavy atom. The Balaban J connectivity index is 0.000000144. The topological polar surface area (TPSA) is 53.0 Å². The van der Waals surface area contributed by atoms with Crippen LogP contribution in [0.4, 0.5) is 0 Å². The summed E-state index contributed by atoms with van der Waals surface area (Å²) in [6, 6.07) is 0. The molecule has 0 aliphatic carbocycles. The highest BCUT2D eigenvalue weighted by atomic mass is 16.6. The Bertz CT molecular complexity index is 59.3. The fourth-order valence-electron chi connectivity index (χ4n) is 0.0962. The van der Waals surface area contributed by atoms with Gasteiger partial charge in [0, 0.05) is 0 Å². The number of epoxide rings is 1. The third kappa shape index (κ3) is 11.4. The van der Waals surface area contributed by atoms with Crippen molar-refractivity contribution in [1.82, 2.24) is 0 Å². The average molecular weight is 134 g/mol. The van der Waals surface area contributed by atoms with E-state index in [0.29, 0.717) is 6.10 Å². The van der Waals surface area contributed by atoms with Crippen LogP contribution in [-0.4, -0.2) is 35.6 Å². The lowest BCUT2D eigenvalue weighted by Gasteiger charge is -1.90. The van der Waals surface area contributed by atoms with E-state index >= 15 is 0 Å². The van der Waals surface area contributed by atoms with Gasteiger partial charge in [0.25, 0.3) is 0 Å².